The van der Waals surface area contributed by atoms with Crippen LogP contribution in [-0.4, -0.2) is 18.8 Å². The van der Waals surface area contributed by atoms with Gasteiger partial charge in [-0.05, 0) is 36.4 Å². The Hall–Kier alpha value is -2.38. The summed E-state index contributed by atoms with van der Waals surface area (Å²) in [4.78, 5) is 0. The van der Waals surface area contributed by atoms with E-state index in [1.807, 2.05) is 54.6 Å². The van der Waals surface area contributed by atoms with Crippen LogP contribution in [0.4, 0.5) is 32.0 Å². The van der Waals surface area contributed by atoms with Crippen LogP contribution in [0.2, 0.25) is 0 Å². The van der Waals surface area contributed by atoms with Crippen LogP contribution in [0.25, 0.3) is 0 Å². The van der Waals surface area contributed by atoms with Gasteiger partial charge in [0.05, 0.1) is 0 Å². The van der Waals surface area contributed by atoms with Crippen molar-refractivity contribution < 1.29 is 31.1 Å². The van der Waals surface area contributed by atoms with Crippen LogP contribution in [0, 0.1) is 0 Å². The highest BCUT2D eigenvalue weighted by molar-refractivity contribution is 5.42. The Morgan fingerprint density at radius 3 is 1.65 bits per heavy atom. The normalized spacial score (nSPS) is 11.4. The fraction of sp³-hybridized carbons (Fsp3) is 0.200. The van der Waals surface area contributed by atoms with Crippen LogP contribution in [0.3, 0.4) is 0 Å². The number of para-hydroxylation sites is 1. The molecule has 0 unspecified atom stereocenters. The van der Waals surface area contributed by atoms with E-state index >= 15 is 0 Å². The molecule has 0 fully saturated rings. The molecule has 0 atom stereocenters. The monoisotopic (exact) mass is 337 g/mol. The Bertz CT molecular complexity index is 583. The summed E-state index contributed by atoms with van der Waals surface area (Å²) in [5.41, 5.74) is 6.31. The van der Waals surface area contributed by atoms with Gasteiger partial charge in [0.1, 0.15) is 11.5 Å². The van der Waals surface area contributed by atoms with E-state index in [9.17, 15) is 26.3 Å². The molecular weight excluding hydrogens is 324 g/mol. The van der Waals surface area contributed by atoms with Crippen molar-refractivity contribution in [2.75, 3.05) is 12.4 Å². The van der Waals surface area contributed by atoms with Gasteiger partial charge in [0.15, 0.2) is 6.67 Å². The first-order valence-corrected chi connectivity index (χ1v) is 6.24. The Balaban J connectivity index is 0.000000257. The smallest absolute Gasteiger partial charge is 0.456 e. The third kappa shape index (κ3) is 6.09. The van der Waals surface area contributed by atoms with Crippen molar-refractivity contribution in [3.05, 3.63) is 54.6 Å². The number of rotatable bonds is 3. The topological polar surface area (TPSA) is 35.2 Å². The fourth-order valence-electron chi connectivity index (χ4n) is 1.24. The number of hydrogen-bond acceptors (Lipinski definition) is 2. The average Bonchev–Trinajstić information content (AvgIpc) is 2.50. The van der Waals surface area contributed by atoms with Crippen LogP contribution >= 0.6 is 0 Å². The summed E-state index contributed by atoms with van der Waals surface area (Å²) < 4.78 is 71.2. The number of nitrogens with two attached hydrogens (primary N) is 1. The molecule has 0 radical (unpaired) electrons. The predicted molar refractivity (Wildman–Crippen MR) is 74.3 cm³/mol. The summed E-state index contributed by atoms with van der Waals surface area (Å²) >= 11 is 0. The second-order valence-corrected chi connectivity index (χ2v) is 4.32. The molecule has 0 bridgehead atoms. The Morgan fingerprint density at radius 2 is 1.26 bits per heavy atom. The third-order valence-corrected chi connectivity index (χ3v) is 2.44. The molecule has 8 heteroatoms. The van der Waals surface area contributed by atoms with Gasteiger partial charge in [0.2, 0.25) is 0 Å². The van der Waals surface area contributed by atoms with Crippen LogP contribution in [0.5, 0.6) is 11.5 Å². The van der Waals surface area contributed by atoms with Crippen LogP contribution in [0.15, 0.2) is 54.6 Å². The fourth-order valence-corrected chi connectivity index (χ4v) is 1.24. The number of alkyl halides is 6. The van der Waals surface area contributed by atoms with Crippen molar-refractivity contribution in [3.63, 3.8) is 0 Å². The maximum Gasteiger partial charge on any atom is 0.456 e. The standard InChI is InChI=1S/C12H11NO.C3H2F6/c13-10-6-8-12(9-7-10)14-11-4-2-1-3-5-11;4-1-2(5,6)3(7,8)9/h1-9H,13H2;1H2. The lowest BCUT2D eigenvalue weighted by Crippen LogP contribution is -2.38. The minimum absolute atomic E-state index is 0.741. The summed E-state index contributed by atoms with van der Waals surface area (Å²) in [5.74, 6) is -3.56. The highest BCUT2D eigenvalue weighted by Gasteiger charge is 2.57. The number of nitrogen functional groups attached to an aromatic ring is 1. The van der Waals surface area contributed by atoms with Crippen molar-refractivity contribution >= 4 is 5.69 Å². The molecule has 2 N–H and O–H groups in total. The molecule has 0 aliphatic rings. The molecule has 2 nitrogen and oxygen atoms in total. The van der Waals surface area contributed by atoms with Crippen molar-refractivity contribution in [2.45, 2.75) is 12.1 Å². The van der Waals surface area contributed by atoms with E-state index in [0.29, 0.717) is 0 Å². The number of benzene rings is 2. The quantitative estimate of drug-likeness (QED) is 0.616. The maximum absolute atomic E-state index is 11.2. The van der Waals surface area contributed by atoms with Gasteiger partial charge >= 0.3 is 12.1 Å². The lowest BCUT2D eigenvalue weighted by molar-refractivity contribution is -0.286. The molecule has 2 aromatic rings. The molecule has 126 valence electrons. The first kappa shape index (κ1) is 18.7. The van der Waals surface area contributed by atoms with Gasteiger partial charge in [0, 0.05) is 5.69 Å². The van der Waals surface area contributed by atoms with E-state index in [2.05, 4.69) is 0 Å². The predicted octanol–water partition coefficient (Wildman–Crippen LogP) is 5.21. The van der Waals surface area contributed by atoms with E-state index in [1.54, 1.807) is 0 Å². The average molecular weight is 337 g/mol. The number of hydrogen-bond donors (Lipinski definition) is 1. The zero-order valence-corrected chi connectivity index (χ0v) is 11.7. The van der Waals surface area contributed by atoms with E-state index in [4.69, 9.17) is 10.5 Å². The SMILES string of the molecule is FCC(F)(F)C(F)(F)F.Nc1ccc(Oc2ccccc2)cc1. The molecule has 0 aliphatic heterocycles. The van der Waals surface area contributed by atoms with E-state index in [-0.39, 0.29) is 0 Å². The van der Waals surface area contributed by atoms with Crippen molar-refractivity contribution in [2.24, 2.45) is 0 Å². The molecule has 0 saturated carbocycles. The minimum atomic E-state index is -5.76. The van der Waals surface area contributed by atoms with Crippen molar-refractivity contribution in [1.82, 2.24) is 0 Å². The van der Waals surface area contributed by atoms with Gasteiger partial charge in [-0.2, -0.15) is 22.0 Å². The second kappa shape index (κ2) is 7.75. The lowest BCUT2D eigenvalue weighted by atomic mass is 10.3. The first-order valence-electron chi connectivity index (χ1n) is 6.24. The van der Waals surface area contributed by atoms with E-state index in [0.717, 1.165) is 17.2 Å². The van der Waals surface area contributed by atoms with Gasteiger partial charge in [-0.3, -0.25) is 0 Å². The Kier molecular flexibility index (Phi) is 6.29. The zero-order valence-electron chi connectivity index (χ0n) is 11.7. The van der Waals surface area contributed by atoms with Gasteiger partial charge in [-0.25, -0.2) is 4.39 Å². The highest BCUT2D eigenvalue weighted by Crippen LogP contribution is 2.35. The molecule has 0 aromatic heterocycles. The van der Waals surface area contributed by atoms with Gasteiger partial charge in [0.25, 0.3) is 0 Å². The van der Waals surface area contributed by atoms with Gasteiger partial charge in [-0.15, -0.1) is 0 Å². The molecule has 0 aliphatic carbocycles. The van der Waals surface area contributed by atoms with Crippen molar-refractivity contribution in [1.29, 1.82) is 0 Å². The maximum atomic E-state index is 11.2. The van der Waals surface area contributed by atoms with E-state index in [1.165, 1.54) is 0 Å². The van der Waals surface area contributed by atoms with Crippen molar-refractivity contribution in [3.8, 4) is 11.5 Å². The van der Waals surface area contributed by atoms with Crippen LogP contribution < -0.4 is 10.5 Å². The Labute approximate surface area is 128 Å². The minimum Gasteiger partial charge on any atom is -0.457 e. The first-order chi connectivity index (χ1) is 10.7. The summed E-state index contributed by atoms with van der Waals surface area (Å²) in [6, 6.07) is 17.0. The molecule has 0 spiro atoms. The summed E-state index contributed by atoms with van der Waals surface area (Å²) in [7, 11) is 0. The molecule has 2 rings (SSSR count). The number of ether oxygens (including phenoxy) is 1. The number of halogens is 6. The zero-order chi connectivity index (χ0) is 17.5. The summed E-state index contributed by atoms with van der Waals surface area (Å²) in [5, 5.41) is 0. The Morgan fingerprint density at radius 1 is 0.783 bits per heavy atom. The lowest BCUT2D eigenvalue weighted by Gasteiger charge is -2.14. The molecular formula is C15H13F6NO. The van der Waals surface area contributed by atoms with Gasteiger partial charge in [-0.1, -0.05) is 18.2 Å². The summed E-state index contributed by atoms with van der Waals surface area (Å²) in [6.07, 6.45) is -5.76. The highest BCUT2D eigenvalue weighted by atomic mass is 19.4. The molecule has 2 aromatic carbocycles. The van der Waals surface area contributed by atoms with E-state index < -0.39 is 18.8 Å². The largest absolute Gasteiger partial charge is 0.457 e. The second-order valence-electron chi connectivity index (χ2n) is 4.32. The molecule has 0 heterocycles. The third-order valence-electron chi connectivity index (χ3n) is 2.44. The molecule has 0 amide bonds. The van der Waals surface area contributed by atoms with Crippen LogP contribution in [-0.2, 0) is 0 Å². The van der Waals surface area contributed by atoms with Crippen LogP contribution in [0.1, 0.15) is 0 Å². The molecule has 0 saturated heterocycles. The number of anilines is 1. The summed E-state index contributed by atoms with van der Waals surface area (Å²) in [6.45, 7) is -2.70. The van der Waals surface area contributed by atoms with Gasteiger partial charge < -0.3 is 10.5 Å². The molecule has 23 heavy (non-hydrogen) atoms.